The monoisotopic (exact) mass is 303 g/mol. The van der Waals surface area contributed by atoms with E-state index in [0.29, 0.717) is 17.6 Å². The van der Waals surface area contributed by atoms with Crippen molar-refractivity contribution in [3.8, 4) is 0 Å². The molecule has 0 radical (unpaired) electrons. The molecule has 0 unspecified atom stereocenters. The third-order valence-corrected chi connectivity index (χ3v) is 3.83. The molecule has 2 nitrogen and oxygen atoms in total. The first-order chi connectivity index (χ1) is 10.1. The van der Waals surface area contributed by atoms with Crippen molar-refractivity contribution in [3.63, 3.8) is 0 Å². The molecule has 1 N–H and O–H groups in total. The molecule has 112 valence electrons. The van der Waals surface area contributed by atoms with E-state index in [0.717, 1.165) is 12.1 Å². The predicted octanol–water partition coefficient (Wildman–Crippen LogP) is 4.28. The van der Waals surface area contributed by atoms with Crippen LogP contribution >= 0.6 is 11.6 Å². The first kappa shape index (κ1) is 16.0. The maximum atomic E-state index is 10.4. The summed E-state index contributed by atoms with van der Waals surface area (Å²) in [4.78, 5) is 2.26. The molecular formula is C18H22ClNO. The Hall–Kier alpha value is -1.35. The van der Waals surface area contributed by atoms with Crippen LogP contribution in [0.1, 0.15) is 31.1 Å². The number of rotatable bonds is 6. The average molecular weight is 304 g/mol. The Labute approximate surface area is 132 Å². The molecule has 2 aromatic carbocycles. The van der Waals surface area contributed by atoms with Gasteiger partial charge in [0.05, 0.1) is 6.10 Å². The largest absolute Gasteiger partial charge is 0.387 e. The molecule has 0 amide bonds. The Morgan fingerprint density at radius 1 is 1.05 bits per heavy atom. The van der Waals surface area contributed by atoms with Crippen molar-refractivity contribution in [2.24, 2.45) is 0 Å². The number of halogens is 1. The van der Waals surface area contributed by atoms with Crippen molar-refractivity contribution in [1.29, 1.82) is 0 Å². The van der Waals surface area contributed by atoms with Crippen LogP contribution in [-0.2, 0) is 6.54 Å². The van der Waals surface area contributed by atoms with E-state index in [1.807, 2.05) is 42.5 Å². The fourth-order valence-electron chi connectivity index (χ4n) is 2.32. The normalized spacial score (nSPS) is 12.9. The van der Waals surface area contributed by atoms with E-state index in [-0.39, 0.29) is 0 Å². The second-order valence-electron chi connectivity index (χ2n) is 5.58. The van der Waals surface area contributed by atoms with E-state index in [4.69, 9.17) is 11.6 Å². The highest BCUT2D eigenvalue weighted by Gasteiger charge is 2.16. The number of aliphatic hydroxyl groups is 1. The molecule has 0 aliphatic heterocycles. The molecule has 0 fully saturated rings. The zero-order valence-corrected chi connectivity index (χ0v) is 13.3. The number of hydrogen-bond donors (Lipinski definition) is 1. The summed E-state index contributed by atoms with van der Waals surface area (Å²) in [6.07, 6.45) is -0.533. The van der Waals surface area contributed by atoms with Gasteiger partial charge < -0.3 is 5.11 Å². The van der Waals surface area contributed by atoms with Gasteiger partial charge in [0.2, 0.25) is 0 Å². The average Bonchev–Trinajstić information content (AvgIpc) is 2.47. The molecular weight excluding hydrogens is 282 g/mol. The summed E-state index contributed by atoms with van der Waals surface area (Å²) in [7, 11) is 0. The van der Waals surface area contributed by atoms with Crippen LogP contribution in [0.25, 0.3) is 0 Å². The van der Waals surface area contributed by atoms with Crippen LogP contribution in [0.4, 0.5) is 0 Å². The topological polar surface area (TPSA) is 23.5 Å². The molecule has 2 rings (SSSR count). The fourth-order valence-corrected chi connectivity index (χ4v) is 2.52. The molecule has 0 aliphatic rings. The third kappa shape index (κ3) is 4.85. The summed E-state index contributed by atoms with van der Waals surface area (Å²) in [5, 5.41) is 11.1. The van der Waals surface area contributed by atoms with Crippen LogP contribution < -0.4 is 0 Å². The molecule has 1 atom stereocenters. The Morgan fingerprint density at radius 3 is 2.38 bits per heavy atom. The second kappa shape index (κ2) is 7.60. The van der Waals surface area contributed by atoms with Gasteiger partial charge in [-0.15, -0.1) is 0 Å². The molecule has 2 aromatic rings. The minimum Gasteiger partial charge on any atom is -0.387 e. The summed E-state index contributed by atoms with van der Waals surface area (Å²) < 4.78 is 0. The molecule has 0 spiro atoms. The van der Waals surface area contributed by atoms with Gasteiger partial charge in [0.25, 0.3) is 0 Å². The van der Waals surface area contributed by atoms with Crippen molar-refractivity contribution in [2.45, 2.75) is 32.5 Å². The standard InChI is InChI=1S/C18H22ClNO/c1-14(2)20(12-15-7-4-3-5-8-15)13-18(21)16-9-6-10-17(19)11-16/h3-11,14,18,21H,12-13H2,1-2H3/t18-/m0/s1. The Balaban J connectivity index is 2.06. The van der Waals surface area contributed by atoms with Gasteiger partial charge in [-0.3, -0.25) is 4.90 Å². The predicted molar refractivity (Wildman–Crippen MR) is 88.4 cm³/mol. The van der Waals surface area contributed by atoms with Crippen molar-refractivity contribution in [1.82, 2.24) is 4.90 Å². The van der Waals surface area contributed by atoms with Gasteiger partial charge in [-0.25, -0.2) is 0 Å². The zero-order valence-electron chi connectivity index (χ0n) is 12.5. The molecule has 0 saturated carbocycles. The Kier molecular flexibility index (Phi) is 5.80. The minimum atomic E-state index is -0.533. The van der Waals surface area contributed by atoms with E-state index in [1.54, 1.807) is 0 Å². The summed E-state index contributed by atoms with van der Waals surface area (Å²) in [5.41, 5.74) is 2.12. The van der Waals surface area contributed by atoms with E-state index in [1.165, 1.54) is 5.56 Å². The molecule has 0 saturated heterocycles. The lowest BCUT2D eigenvalue weighted by molar-refractivity contribution is 0.0908. The molecule has 3 heteroatoms. The quantitative estimate of drug-likeness (QED) is 0.861. The van der Waals surface area contributed by atoms with E-state index < -0.39 is 6.10 Å². The van der Waals surface area contributed by atoms with Gasteiger partial charge in [0.15, 0.2) is 0 Å². The summed E-state index contributed by atoms with van der Waals surface area (Å²) in [5.74, 6) is 0. The van der Waals surface area contributed by atoms with Crippen molar-refractivity contribution in [3.05, 3.63) is 70.7 Å². The van der Waals surface area contributed by atoms with E-state index >= 15 is 0 Å². The van der Waals surface area contributed by atoms with Crippen molar-refractivity contribution in [2.75, 3.05) is 6.54 Å². The van der Waals surface area contributed by atoms with Gasteiger partial charge in [-0.05, 0) is 37.1 Å². The third-order valence-electron chi connectivity index (χ3n) is 3.60. The fraction of sp³-hybridized carbons (Fsp3) is 0.333. The molecule has 21 heavy (non-hydrogen) atoms. The van der Waals surface area contributed by atoms with Gasteiger partial charge in [-0.1, -0.05) is 54.1 Å². The number of benzene rings is 2. The summed E-state index contributed by atoms with van der Waals surface area (Å²) >= 11 is 5.99. The number of aliphatic hydroxyl groups excluding tert-OH is 1. The summed E-state index contributed by atoms with van der Waals surface area (Å²) in [6, 6.07) is 18.1. The minimum absolute atomic E-state index is 0.360. The van der Waals surface area contributed by atoms with Gasteiger partial charge in [0, 0.05) is 24.2 Å². The smallest absolute Gasteiger partial charge is 0.0917 e. The van der Waals surface area contributed by atoms with E-state index in [2.05, 4.69) is 30.9 Å². The summed E-state index contributed by atoms with van der Waals surface area (Å²) in [6.45, 7) is 5.71. The van der Waals surface area contributed by atoms with Crippen LogP contribution in [-0.4, -0.2) is 22.6 Å². The van der Waals surface area contributed by atoms with Crippen molar-refractivity contribution >= 4 is 11.6 Å². The molecule has 0 aliphatic carbocycles. The maximum absolute atomic E-state index is 10.4. The SMILES string of the molecule is CC(C)N(Cc1ccccc1)C[C@H](O)c1cccc(Cl)c1. The lowest BCUT2D eigenvalue weighted by Gasteiger charge is -2.29. The Bertz CT molecular complexity index is 556. The molecule has 0 bridgehead atoms. The van der Waals surface area contributed by atoms with Crippen LogP contribution in [0.15, 0.2) is 54.6 Å². The highest BCUT2D eigenvalue weighted by Crippen LogP contribution is 2.20. The number of nitrogens with zero attached hydrogens (tertiary/aromatic N) is 1. The lowest BCUT2D eigenvalue weighted by Crippen LogP contribution is -2.34. The van der Waals surface area contributed by atoms with Crippen LogP contribution in [0.2, 0.25) is 5.02 Å². The van der Waals surface area contributed by atoms with Crippen molar-refractivity contribution < 1.29 is 5.11 Å². The first-order valence-electron chi connectivity index (χ1n) is 7.28. The van der Waals surface area contributed by atoms with Crippen LogP contribution in [0.3, 0.4) is 0 Å². The highest BCUT2D eigenvalue weighted by molar-refractivity contribution is 6.30. The Morgan fingerprint density at radius 2 is 1.76 bits per heavy atom. The second-order valence-corrected chi connectivity index (χ2v) is 6.02. The first-order valence-corrected chi connectivity index (χ1v) is 7.65. The van der Waals surface area contributed by atoms with Gasteiger partial charge in [-0.2, -0.15) is 0 Å². The number of hydrogen-bond acceptors (Lipinski definition) is 2. The molecule has 0 aromatic heterocycles. The maximum Gasteiger partial charge on any atom is 0.0917 e. The van der Waals surface area contributed by atoms with Crippen LogP contribution in [0.5, 0.6) is 0 Å². The van der Waals surface area contributed by atoms with Gasteiger partial charge >= 0.3 is 0 Å². The highest BCUT2D eigenvalue weighted by atomic mass is 35.5. The molecule has 0 heterocycles. The zero-order chi connectivity index (χ0) is 15.2. The van der Waals surface area contributed by atoms with Gasteiger partial charge in [0.1, 0.15) is 0 Å². The van der Waals surface area contributed by atoms with E-state index in [9.17, 15) is 5.11 Å². The lowest BCUT2D eigenvalue weighted by atomic mass is 10.1. The van der Waals surface area contributed by atoms with Crippen LogP contribution in [0, 0.1) is 0 Å².